The van der Waals surface area contributed by atoms with E-state index in [4.69, 9.17) is 5.73 Å². The highest BCUT2D eigenvalue weighted by molar-refractivity contribution is 6.08. The van der Waals surface area contributed by atoms with Gasteiger partial charge in [-0.25, -0.2) is 9.97 Å². The van der Waals surface area contributed by atoms with Crippen molar-refractivity contribution in [3.63, 3.8) is 0 Å². The summed E-state index contributed by atoms with van der Waals surface area (Å²) in [5.41, 5.74) is 6.45. The van der Waals surface area contributed by atoms with Crippen molar-refractivity contribution in [3.8, 4) is 0 Å². The van der Waals surface area contributed by atoms with Crippen LogP contribution in [0.15, 0.2) is 43.0 Å². The summed E-state index contributed by atoms with van der Waals surface area (Å²) < 4.78 is 0. The minimum absolute atomic E-state index is 0.291. The molecule has 0 saturated carbocycles. The smallest absolute Gasteiger partial charge is 0.258 e. The third-order valence-corrected chi connectivity index (χ3v) is 2.67. The van der Waals surface area contributed by atoms with Gasteiger partial charge in [0.1, 0.15) is 6.33 Å². The molecule has 2 aromatic rings. The van der Waals surface area contributed by atoms with Crippen LogP contribution < -0.4 is 16.4 Å². The van der Waals surface area contributed by atoms with E-state index < -0.39 is 0 Å². The van der Waals surface area contributed by atoms with Crippen LogP contribution in [0.3, 0.4) is 0 Å². The van der Waals surface area contributed by atoms with Crippen LogP contribution in [-0.2, 0) is 0 Å². The number of aromatic nitrogens is 2. The highest BCUT2D eigenvalue weighted by Gasteiger charge is 2.13. The van der Waals surface area contributed by atoms with Crippen molar-refractivity contribution in [2.45, 2.75) is 0 Å². The van der Waals surface area contributed by atoms with Crippen LogP contribution in [0.5, 0.6) is 0 Å². The lowest BCUT2D eigenvalue weighted by Gasteiger charge is -2.10. The first-order chi connectivity index (χ1) is 10.2. The van der Waals surface area contributed by atoms with Crippen molar-refractivity contribution in [2.24, 2.45) is 5.73 Å². The molecule has 4 N–H and O–H groups in total. The summed E-state index contributed by atoms with van der Waals surface area (Å²) in [5, 5.41) is 5.34. The van der Waals surface area contributed by atoms with Crippen molar-refractivity contribution >= 4 is 17.5 Å². The van der Waals surface area contributed by atoms with Crippen molar-refractivity contribution in [1.29, 1.82) is 0 Å². The number of amides is 2. The quantitative estimate of drug-likeness (QED) is 0.737. The fraction of sp³-hybridized carbons (Fsp3) is 0.143. The predicted octanol–water partition coefficient (Wildman–Crippen LogP) is 0.417. The summed E-state index contributed by atoms with van der Waals surface area (Å²) in [6.45, 7) is 0.718. The largest absolute Gasteiger partial charge is 0.351 e. The molecule has 2 amide bonds. The van der Waals surface area contributed by atoms with Crippen LogP contribution in [0.1, 0.15) is 20.7 Å². The standard InChI is InChI=1S/C14H15N5O2/c15-5-6-18-14(21)11-3-1-2-4-12(11)19-13(20)10-7-16-9-17-8-10/h1-4,7-9H,5-6,15H2,(H,18,21)(H,19,20). The maximum atomic E-state index is 12.1. The SMILES string of the molecule is NCCNC(=O)c1ccccc1NC(=O)c1cncnc1. The Hall–Kier alpha value is -2.80. The molecule has 21 heavy (non-hydrogen) atoms. The zero-order chi connectivity index (χ0) is 15.1. The van der Waals surface area contributed by atoms with Gasteiger partial charge in [-0.3, -0.25) is 9.59 Å². The molecule has 0 unspecified atom stereocenters. The van der Waals surface area contributed by atoms with Gasteiger partial charge in [-0.15, -0.1) is 0 Å². The number of nitrogens with one attached hydrogen (secondary N) is 2. The van der Waals surface area contributed by atoms with Gasteiger partial charge < -0.3 is 16.4 Å². The maximum Gasteiger partial charge on any atom is 0.258 e. The lowest BCUT2D eigenvalue weighted by molar-refractivity contribution is 0.0955. The van der Waals surface area contributed by atoms with Crippen molar-refractivity contribution in [1.82, 2.24) is 15.3 Å². The molecule has 0 atom stereocenters. The summed E-state index contributed by atoms with van der Waals surface area (Å²) in [7, 11) is 0. The second kappa shape index (κ2) is 7.11. The van der Waals surface area contributed by atoms with Crippen molar-refractivity contribution < 1.29 is 9.59 Å². The molecule has 7 heteroatoms. The topological polar surface area (TPSA) is 110 Å². The van der Waals surface area contributed by atoms with Gasteiger partial charge in [-0.1, -0.05) is 12.1 Å². The number of rotatable bonds is 5. The third-order valence-electron chi connectivity index (χ3n) is 2.67. The van der Waals surface area contributed by atoms with E-state index in [1.165, 1.54) is 18.7 Å². The molecule has 7 nitrogen and oxygen atoms in total. The van der Waals surface area contributed by atoms with Crippen LogP contribution in [0.4, 0.5) is 5.69 Å². The molecule has 0 aliphatic rings. The normalized spacial score (nSPS) is 9.95. The summed E-state index contributed by atoms with van der Waals surface area (Å²) in [6.07, 6.45) is 4.14. The van der Waals surface area contributed by atoms with Gasteiger partial charge in [0.2, 0.25) is 0 Å². The molecular formula is C14H15N5O2. The van der Waals surface area contributed by atoms with Crippen LogP contribution in [0.25, 0.3) is 0 Å². The number of nitrogens with zero attached hydrogens (tertiary/aromatic N) is 2. The second-order valence-electron chi connectivity index (χ2n) is 4.17. The van der Waals surface area contributed by atoms with E-state index in [0.29, 0.717) is 29.9 Å². The molecule has 0 aliphatic heterocycles. The summed E-state index contributed by atoms with van der Waals surface area (Å²) >= 11 is 0. The molecule has 1 aromatic heterocycles. The average molecular weight is 285 g/mol. The fourth-order valence-electron chi connectivity index (χ4n) is 1.68. The minimum atomic E-state index is -0.380. The van der Waals surface area contributed by atoms with Crippen molar-refractivity contribution in [3.05, 3.63) is 54.1 Å². The van der Waals surface area contributed by atoms with Gasteiger partial charge in [0, 0.05) is 25.5 Å². The van der Waals surface area contributed by atoms with Crippen molar-refractivity contribution in [2.75, 3.05) is 18.4 Å². The van der Waals surface area contributed by atoms with Crippen LogP contribution in [0, 0.1) is 0 Å². The Labute approximate surface area is 121 Å². The third kappa shape index (κ3) is 3.83. The van der Waals surface area contributed by atoms with E-state index in [0.717, 1.165) is 0 Å². The molecule has 1 aromatic carbocycles. The van der Waals surface area contributed by atoms with Gasteiger partial charge in [0.05, 0.1) is 16.8 Å². The molecule has 108 valence electrons. The summed E-state index contributed by atoms with van der Waals surface area (Å²) in [6, 6.07) is 6.73. The zero-order valence-corrected chi connectivity index (χ0v) is 11.2. The Kier molecular flexibility index (Phi) is 4.94. The first kappa shape index (κ1) is 14.6. The van der Waals surface area contributed by atoms with Gasteiger partial charge in [-0.05, 0) is 12.1 Å². The maximum absolute atomic E-state index is 12.1. The number of hydrogen-bond acceptors (Lipinski definition) is 5. The summed E-state index contributed by atoms with van der Waals surface area (Å²) in [4.78, 5) is 31.6. The van der Waals surface area contributed by atoms with Gasteiger partial charge in [-0.2, -0.15) is 0 Å². The Morgan fingerprint density at radius 3 is 2.52 bits per heavy atom. The first-order valence-corrected chi connectivity index (χ1v) is 6.36. The van der Waals surface area contributed by atoms with Crippen LogP contribution in [-0.4, -0.2) is 34.9 Å². The Bertz CT molecular complexity index is 630. The lowest BCUT2D eigenvalue weighted by Crippen LogP contribution is -2.30. The molecule has 0 bridgehead atoms. The minimum Gasteiger partial charge on any atom is -0.351 e. The van der Waals surface area contributed by atoms with E-state index in [1.54, 1.807) is 24.3 Å². The van der Waals surface area contributed by atoms with E-state index in [-0.39, 0.29) is 11.8 Å². The highest BCUT2D eigenvalue weighted by atomic mass is 16.2. The van der Waals surface area contributed by atoms with Crippen LogP contribution in [0.2, 0.25) is 0 Å². The number of hydrogen-bond donors (Lipinski definition) is 3. The van der Waals surface area contributed by atoms with E-state index in [2.05, 4.69) is 20.6 Å². The van der Waals surface area contributed by atoms with Gasteiger partial charge >= 0.3 is 0 Å². The Balaban J connectivity index is 2.17. The molecular weight excluding hydrogens is 270 g/mol. The molecule has 0 fully saturated rings. The van der Waals surface area contributed by atoms with E-state index in [1.807, 2.05) is 0 Å². The Morgan fingerprint density at radius 2 is 1.81 bits per heavy atom. The van der Waals surface area contributed by atoms with Gasteiger partial charge in [0.15, 0.2) is 0 Å². The fourth-order valence-corrected chi connectivity index (χ4v) is 1.68. The number of benzene rings is 1. The molecule has 2 rings (SSSR count). The lowest BCUT2D eigenvalue weighted by atomic mass is 10.1. The molecule has 0 saturated heterocycles. The number of carbonyl (C=O) groups is 2. The number of carbonyl (C=O) groups excluding carboxylic acids is 2. The monoisotopic (exact) mass is 285 g/mol. The average Bonchev–Trinajstić information content (AvgIpc) is 2.54. The van der Waals surface area contributed by atoms with E-state index >= 15 is 0 Å². The molecule has 1 heterocycles. The molecule has 0 aliphatic carbocycles. The zero-order valence-electron chi connectivity index (χ0n) is 11.2. The summed E-state index contributed by atoms with van der Waals surface area (Å²) in [5.74, 6) is -0.671. The second-order valence-corrected chi connectivity index (χ2v) is 4.17. The predicted molar refractivity (Wildman–Crippen MR) is 77.8 cm³/mol. The van der Waals surface area contributed by atoms with Gasteiger partial charge in [0.25, 0.3) is 11.8 Å². The number of para-hydroxylation sites is 1. The molecule has 0 spiro atoms. The Morgan fingerprint density at radius 1 is 1.10 bits per heavy atom. The van der Waals surface area contributed by atoms with Crippen LogP contribution >= 0.6 is 0 Å². The number of anilines is 1. The first-order valence-electron chi connectivity index (χ1n) is 6.36. The number of nitrogens with two attached hydrogens (primary N) is 1. The molecule has 0 radical (unpaired) electrons. The highest BCUT2D eigenvalue weighted by Crippen LogP contribution is 2.15. The van der Waals surface area contributed by atoms with E-state index in [9.17, 15) is 9.59 Å².